The van der Waals surface area contributed by atoms with Gasteiger partial charge in [0.1, 0.15) is 0 Å². The van der Waals surface area contributed by atoms with Gasteiger partial charge < -0.3 is 11.1 Å². The lowest BCUT2D eigenvalue weighted by Gasteiger charge is -2.32. The Morgan fingerprint density at radius 1 is 1.72 bits per heavy atom. The van der Waals surface area contributed by atoms with Gasteiger partial charge in [0.25, 0.3) is 0 Å². The average molecular weight is 268 g/mol. The number of nitrogens with zero attached hydrogens (tertiary/aromatic N) is 2. The van der Waals surface area contributed by atoms with Gasteiger partial charge in [-0.15, -0.1) is 11.3 Å². The topological polar surface area (TPSA) is 71.2 Å². The minimum Gasteiger partial charge on any atom is -0.375 e. The summed E-state index contributed by atoms with van der Waals surface area (Å²) in [7, 11) is 0. The Bertz CT molecular complexity index is 407. The molecule has 1 amide bonds. The summed E-state index contributed by atoms with van der Waals surface area (Å²) in [4.78, 5) is 19.0. The third kappa shape index (κ3) is 3.68. The monoisotopic (exact) mass is 268 g/mol. The fraction of sp³-hybridized carbons (Fsp3) is 0.667. The van der Waals surface area contributed by atoms with Crippen molar-refractivity contribution in [3.8, 4) is 0 Å². The maximum Gasteiger partial charge on any atom is 0.219 e. The molecule has 2 heterocycles. The second-order valence-corrected chi connectivity index (χ2v) is 5.81. The molecule has 1 aliphatic rings. The number of aromatic nitrogens is 1. The van der Waals surface area contributed by atoms with Crippen LogP contribution in [0.3, 0.4) is 0 Å². The van der Waals surface area contributed by atoms with Gasteiger partial charge in [0.05, 0.1) is 0 Å². The lowest BCUT2D eigenvalue weighted by atomic mass is 10.1. The van der Waals surface area contributed by atoms with Crippen molar-refractivity contribution in [2.24, 2.45) is 0 Å². The van der Waals surface area contributed by atoms with Gasteiger partial charge in [-0.05, 0) is 19.4 Å². The molecule has 1 unspecified atom stereocenters. The molecule has 18 heavy (non-hydrogen) atoms. The smallest absolute Gasteiger partial charge is 0.219 e. The SMILES string of the molecule is CCC(=O)NC1CCCN(Cc2cnc(N)s2)C1. The molecule has 1 aromatic rings. The van der Waals surface area contributed by atoms with E-state index < -0.39 is 0 Å². The lowest BCUT2D eigenvalue weighted by molar-refractivity contribution is -0.121. The van der Waals surface area contributed by atoms with Crippen molar-refractivity contribution >= 4 is 22.4 Å². The number of carbonyl (C=O) groups excluding carboxylic acids is 1. The first-order chi connectivity index (χ1) is 8.67. The minimum absolute atomic E-state index is 0.142. The maximum atomic E-state index is 11.4. The predicted octanol–water partition coefficient (Wildman–Crippen LogP) is 1.22. The number of nitrogen functional groups attached to an aromatic ring is 1. The first-order valence-corrected chi connectivity index (χ1v) is 7.21. The van der Waals surface area contributed by atoms with Crippen LogP contribution in [0.25, 0.3) is 0 Å². The third-order valence-corrected chi connectivity index (χ3v) is 3.95. The van der Waals surface area contributed by atoms with E-state index in [9.17, 15) is 4.79 Å². The summed E-state index contributed by atoms with van der Waals surface area (Å²) < 4.78 is 0. The molecule has 0 spiro atoms. The molecule has 0 radical (unpaired) electrons. The van der Waals surface area contributed by atoms with Gasteiger partial charge in [0, 0.05) is 36.6 Å². The van der Waals surface area contributed by atoms with Gasteiger partial charge in [0.2, 0.25) is 5.91 Å². The molecule has 0 saturated carbocycles. The Labute approximate surface area is 111 Å². The summed E-state index contributed by atoms with van der Waals surface area (Å²) in [5.41, 5.74) is 5.63. The van der Waals surface area contributed by atoms with Crippen molar-refractivity contribution in [1.82, 2.24) is 15.2 Å². The van der Waals surface area contributed by atoms with Crippen molar-refractivity contribution < 1.29 is 4.79 Å². The highest BCUT2D eigenvalue weighted by atomic mass is 32.1. The molecule has 0 bridgehead atoms. The second-order valence-electron chi connectivity index (χ2n) is 4.66. The standard InChI is InChI=1S/C12H20N4OS/c1-2-11(17)15-9-4-3-5-16(7-9)8-10-6-14-12(13)18-10/h6,9H,2-5,7-8H2,1H3,(H2,13,14)(H,15,17). The molecular formula is C12H20N4OS. The molecule has 5 nitrogen and oxygen atoms in total. The highest BCUT2D eigenvalue weighted by Crippen LogP contribution is 2.19. The van der Waals surface area contributed by atoms with Gasteiger partial charge in [-0.1, -0.05) is 6.92 Å². The molecule has 100 valence electrons. The Morgan fingerprint density at radius 2 is 2.56 bits per heavy atom. The third-order valence-electron chi connectivity index (χ3n) is 3.14. The number of nitrogens with one attached hydrogen (secondary N) is 1. The molecule has 1 aromatic heterocycles. The van der Waals surface area contributed by atoms with E-state index in [0.29, 0.717) is 11.6 Å². The van der Waals surface area contributed by atoms with Gasteiger partial charge in [-0.2, -0.15) is 0 Å². The van der Waals surface area contributed by atoms with Crippen LogP contribution in [0.4, 0.5) is 5.13 Å². The zero-order valence-corrected chi connectivity index (χ0v) is 11.5. The number of thiazole rings is 1. The van der Waals surface area contributed by atoms with Crippen LogP contribution >= 0.6 is 11.3 Å². The van der Waals surface area contributed by atoms with Crippen LogP contribution < -0.4 is 11.1 Å². The fourth-order valence-corrected chi connectivity index (χ4v) is 2.99. The molecule has 1 saturated heterocycles. The number of nitrogens with two attached hydrogens (primary N) is 1. The number of hydrogen-bond donors (Lipinski definition) is 2. The van der Waals surface area contributed by atoms with E-state index in [1.54, 1.807) is 0 Å². The zero-order chi connectivity index (χ0) is 13.0. The van der Waals surface area contributed by atoms with Crippen molar-refractivity contribution in [2.75, 3.05) is 18.8 Å². The van der Waals surface area contributed by atoms with E-state index in [0.717, 1.165) is 32.5 Å². The number of likely N-dealkylation sites (tertiary alicyclic amines) is 1. The van der Waals surface area contributed by atoms with E-state index in [-0.39, 0.29) is 11.9 Å². The molecule has 0 aromatic carbocycles. The van der Waals surface area contributed by atoms with Gasteiger partial charge in [-0.3, -0.25) is 9.69 Å². The van der Waals surface area contributed by atoms with Crippen LogP contribution in [0.15, 0.2) is 6.20 Å². The molecule has 1 fully saturated rings. The quantitative estimate of drug-likeness (QED) is 0.861. The van der Waals surface area contributed by atoms with Gasteiger partial charge in [-0.25, -0.2) is 4.98 Å². The van der Waals surface area contributed by atoms with E-state index in [4.69, 9.17) is 5.73 Å². The van der Waals surface area contributed by atoms with E-state index in [2.05, 4.69) is 15.2 Å². The fourth-order valence-electron chi connectivity index (χ4n) is 2.26. The Hall–Kier alpha value is -1.14. The number of piperidine rings is 1. The van der Waals surface area contributed by atoms with Gasteiger partial charge >= 0.3 is 0 Å². The molecule has 6 heteroatoms. The zero-order valence-electron chi connectivity index (χ0n) is 10.7. The molecule has 1 aliphatic heterocycles. The number of anilines is 1. The van der Waals surface area contributed by atoms with Crippen LogP contribution in [-0.2, 0) is 11.3 Å². The largest absolute Gasteiger partial charge is 0.375 e. The summed E-state index contributed by atoms with van der Waals surface area (Å²) in [5.74, 6) is 0.142. The Kier molecular flexibility index (Phi) is 4.54. The first-order valence-electron chi connectivity index (χ1n) is 6.39. The highest BCUT2D eigenvalue weighted by Gasteiger charge is 2.21. The summed E-state index contributed by atoms with van der Waals surface area (Å²) in [6, 6.07) is 0.288. The van der Waals surface area contributed by atoms with Crippen LogP contribution in [0.1, 0.15) is 31.1 Å². The number of rotatable bonds is 4. The average Bonchev–Trinajstić information content (AvgIpc) is 2.75. The first kappa shape index (κ1) is 13.3. The van der Waals surface area contributed by atoms with E-state index in [1.807, 2.05) is 13.1 Å². The van der Waals surface area contributed by atoms with E-state index >= 15 is 0 Å². The predicted molar refractivity (Wildman–Crippen MR) is 73.3 cm³/mol. The summed E-state index contributed by atoms with van der Waals surface area (Å²) in [6.07, 6.45) is 4.60. The highest BCUT2D eigenvalue weighted by molar-refractivity contribution is 7.15. The second kappa shape index (κ2) is 6.15. The minimum atomic E-state index is 0.142. The van der Waals surface area contributed by atoms with Crippen LogP contribution in [0.5, 0.6) is 0 Å². The molecule has 1 atom stereocenters. The van der Waals surface area contributed by atoms with Crippen LogP contribution in [0, 0.1) is 0 Å². The summed E-state index contributed by atoms with van der Waals surface area (Å²) in [6.45, 7) is 4.77. The van der Waals surface area contributed by atoms with Crippen molar-refractivity contribution in [3.05, 3.63) is 11.1 Å². The van der Waals surface area contributed by atoms with Crippen LogP contribution in [0.2, 0.25) is 0 Å². The molecule has 2 rings (SSSR count). The Morgan fingerprint density at radius 3 is 3.22 bits per heavy atom. The van der Waals surface area contributed by atoms with Gasteiger partial charge in [0.15, 0.2) is 5.13 Å². The van der Waals surface area contributed by atoms with E-state index in [1.165, 1.54) is 16.2 Å². The lowest BCUT2D eigenvalue weighted by Crippen LogP contribution is -2.47. The normalized spacial score (nSPS) is 20.8. The number of carbonyl (C=O) groups is 1. The maximum absolute atomic E-state index is 11.4. The van der Waals surface area contributed by atoms with Crippen molar-refractivity contribution in [2.45, 2.75) is 38.8 Å². The van der Waals surface area contributed by atoms with Crippen molar-refractivity contribution in [1.29, 1.82) is 0 Å². The molecular weight excluding hydrogens is 248 g/mol. The summed E-state index contributed by atoms with van der Waals surface area (Å²) >= 11 is 1.54. The number of amides is 1. The molecule has 0 aliphatic carbocycles. The van der Waals surface area contributed by atoms with Crippen molar-refractivity contribution in [3.63, 3.8) is 0 Å². The Balaban J connectivity index is 1.84. The number of hydrogen-bond acceptors (Lipinski definition) is 5. The molecule has 3 N–H and O–H groups in total. The summed E-state index contributed by atoms with van der Waals surface area (Å²) in [5, 5.41) is 3.69. The van der Waals surface area contributed by atoms with Crippen LogP contribution in [-0.4, -0.2) is 34.9 Å².